The van der Waals surface area contributed by atoms with Gasteiger partial charge < -0.3 is 9.52 Å². The summed E-state index contributed by atoms with van der Waals surface area (Å²) in [5.74, 6) is 0.601. The Morgan fingerprint density at radius 1 is 1.29 bits per heavy atom. The van der Waals surface area contributed by atoms with E-state index in [-0.39, 0.29) is 5.41 Å². The third-order valence-corrected chi connectivity index (χ3v) is 4.33. The third-order valence-electron chi connectivity index (χ3n) is 3.46. The topological polar surface area (TPSA) is 46.3 Å². The van der Waals surface area contributed by atoms with E-state index in [0.29, 0.717) is 12.2 Å². The molecule has 1 atom stereocenters. The van der Waals surface area contributed by atoms with Crippen LogP contribution in [0.2, 0.25) is 0 Å². The van der Waals surface area contributed by atoms with Crippen molar-refractivity contribution in [2.45, 2.75) is 38.7 Å². The van der Waals surface area contributed by atoms with Gasteiger partial charge in [0.15, 0.2) is 0 Å². The van der Waals surface area contributed by atoms with E-state index in [0.717, 1.165) is 21.7 Å². The van der Waals surface area contributed by atoms with Crippen molar-refractivity contribution in [1.82, 2.24) is 4.98 Å². The van der Waals surface area contributed by atoms with Crippen LogP contribution in [0, 0.1) is 0 Å². The first-order valence-corrected chi connectivity index (χ1v) is 7.93. The smallest absolute Gasteiger partial charge is 0.134 e. The van der Waals surface area contributed by atoms with Crippen molar-refractivity contribution in [1.29, 1.82) is 0 Å². The van der Waals surface area contributed by atoms with Crippen LogP contribution < -0.4 is 0 Å². The second-order valence-electron chi connectivity index (χ2n) is 6.28. The van der Waals surface area contributed by atoms with Crippen molar-refractivity contribution >= 4 is 22.3 Å². The molecule has 110 valence electrons. The van der Waals surface area contributed by atoms with Crippen LogP contribution >= 0.6 is 11.3 Å². The van der Waals surface area contributed by atoms with Crippen LogP contribution in [-0.4, -0.2) is 10.1 Å². The Morgan fingerprint density at radius 2 is 2.05 bits per heavy atom. The Hall–Kier alpha value is -1.65. The van der Waals surface area contributed by atoms with Gasteiger partial charge >= 0.3 is 0 Å². The van der Waals surface area contributed by atoms with E-state index in [9.17, 15) is 5.11 Å². The molecule has 0 spiro atoms. The Bertz CT molecular complexity index is 718. The highest BCUT2D eigenvalue weighted by Gasteiger charge is 2.20. The summed E-state index contributed by atoms with van der Waals surface area (Å²) in [4.78, 5) is 4.62. The molecule has 0 fully saturated rings. The Morgan fingerprint density at radius 3 is 2.71 bits per heavy atom. The van der Waals surface area contributed by atoms with E-state index >= 15 is 0 Å². The molecule has 21 heavy (non-hydrogen) atoms. The molecule has 0 amide bonds. The van der Waals surface area contributed by atoms with Crippen LogP contribution in [0.3, 0.4) is 0 Å². The van der Waals surface area contributed by atoms with E-state index in [1.807, 2.05) is 30.3 Å². The lowest BCUT2D eigenvalue weighted by Gasteiger charge is -2.14. The number of furan rings is 1. The first kappa shape index (κ1) is 14.3. The Labute approximate surface area is 128 Å². The van der Waals surface area contributed by atoms with Gasteiger partial charge in [0, 0.05) is 22.6 Å². The van der Waals surface area contributed by atoms with Gasteiger partial charge in [0.05, 0.1) is 10.7 Å². The summed E-state index contributed by atoms with van der Waals surface area (Å²) >= 11 is 1.59. The van der Waals surface area contributed by atoms with E-state index < -0.39 is 6.10 Å². The van der Waals surface area contributed by atoms with Crippen molar-refractivity contribution < 1.29 is 9.52 Å². The van der Waals surface area contributed by atoms with Crippen molar-refractivity contribution in [2.75, 3.05) is 0 Å². The standard InChI is InChI=1S/C17H19NO2S/c1-17(2,3)15-10-21-16(18-15)9-12(19)14-8-11-6-4-5-7-13(11)20-14/h4-8,10,12,19H,9H2,1-3H3. The molecule has 2 heterocycles. The summed E-state index contributed by atoms with van der Waals surface area (Å²) in [6.45, 7) is 6.42. The lowest BCUT2D eigenvalue weighted by molar-refractivity contribution is 0.152. The molecule has 0 aliphatic heterocycles. The molecular weight excluding hydrogens is 282 g/mol. The molecule has 0 bridgehead atoms. The number of aliphatic hydroxyl groups is 1. The largest absolute Gasteiger partial charge is 0.458 e. The maximum atomic E-state index is 10.4. The summed E-state index contributed by atoms with van der Waals surface area (Å²) in [6, 6.07) is 9.68. The van der Waals surface area contributed by atoms with Crippen LogP contribution in [0.5, 0.6) is 0 Å². The molecule has 1 N–H and O–H groups in total. The molecule has 3 nitrogen and oxygen atoms in total. The minimum atomic E-state index is -0.656. The fraction of sp³-hybridized carbons (Fsp3) is 0.353. The average molecular weight is 301 g/mol. The van der Waals surface area contributed by atoms with Crippen molar-refractivity contribution in [3.63, 3.8) is 0 Å². The molecule has 0 radical (unpaired) electrons. The average Bonchev–Trinajstić information content (AvgIpc) is 3.03. The lowest BCUT2D eigenvalue weighted by atomic mass is 9.93. The third kappa shape index (κ3) is 3.01. The molecule has 2 aromatic heterocycles. The minimum Gasteiger partial charge on any atom is -0.458 e. The highest BCUT2D eigenvalue weighted by molar-refractivity contribution is 7.09. The van der Waals surface area contributed by atoms with Gasteiger partial charge in [0.2, 0.25) is 0 Å². The molecule has 1 aromatic carbocycles. The molecule has 0 aliphatic carbocycles. The number of para-hydroxylation sites is 1. The summed E-state index contributed by atoms with van der Waals surface area (Å²) in [7, 11) is 0. The highest BCUT2D eigenvalue weighted by atomic mass is 32.1. The number of rotatable bonds is 3. The Kier molecular flexibility index (Phi) is 3.59. The first-order chi connectivity index (χ1) is 9.93. The van der Waals surface area contributed by atoms with Gasteiger partial charge in [-0.25, -0.2) is 4.98 Å². The molecular formula is C17H19NO2S. The predicted octanol–water partition coefficient (Wildman–Crippen LogP) is 4.46. The molecule has 0 aliphatic rings. The SMILES string of the molecule is CC(C)(C)c1csc(CC(O)c2cc3ccccc3o2)n1. The summed E-state index contributed by atoms with van der Waals surface area (Å²) in [5, 5.41) is 14.4. The molecule has 3 rings (SSSR count). The van der Waals surface area contributed by atoms with Crippen LogP contribution in [-0.2, 0) is 11.8 Å². The van der Waals surface area contributed by atoms with Crippen LogP contribution in [0.4, 0.5) is 0 Å². The number of aliphatic hydroxyl groups excluding tert-OH is 1. The zero-order chi connectivity index (χ0) is 15.0. The molecule has 1 unspecified atom stereocenters. The number of fused-ring (bicyclic) bond motifs is 1. The van der Waals surface area contributed by atoms with Gasteiger partial charge in [-0.15, -0.1) is 11.3 Å². The normalized spacial score (nSPS) is 13.7. The van der Waals surface area contributed by atoms with Gasteiger partial charge in [-0.05, 0) is 12.1 Å². The molecule has 0 saturated carbocycles. The van der Waals surface area contributed by atoms with Crippen molar-refractivity contribution in [2.24, 2.45) is 0 Å². The highest BCUT2D eigenvalue weighted by Crippen LogP contribution is 2.29. The maximum absolute atomic E-state index is 10.4. The van der Waals surface area contributed by atoms with Gasteiger partial charge in [-0.2, -0.15) is 0 Å². The molecule has 0 saturated heterocycles. The second-order valence-corrected chi connectivity index (χ2v) is 7.23. The predicted molar refractivity (Wildman–Crippen MR) is 85.7 cm³/mol. The van der Waals surface area contributed by atoms with Gasteiger partial charge in [0.25, 0.3) is 0 Å². The van der Waals surface area contributed by atoms with E-state index in [1.165, 1.54) is 0 Å². The fourth-order valence-electron chi connectivity index (χ4n) is 2.18. The number of aromatic nitrogens is 1. The summed E-state index contributed by atoms with van der Waals surface area (Å²) in [6.07, 6.45) is -0.169. The summed E-state index contributed by atoms with van der Waals surface area (Å²) in [5.41, 5.74) is 1.92. The van der Waals surface area contributed by atoms with Gasteiger partial charge in [-0.3, -0.25) is 0 Å². The van der Waals surface area contributed by atoms with Crippen LogP contribution in [0.25, 0.3) is 11.0 Å². The monoisotopic (exact) mass is 301 g/mol. The van der Waals surface area contributed by atoms with Crippen molar-refractivity contribution in [3.05, 3.63) is 52.2 Å². The minimum absolute atomic E-state index is 0.0407. The van der Waals surface area contributed by atoms with E-state index in [1.54, 1.807) is 11.3 Å². The first-order valence-electron chi connectivity index (χ1n) is 7.05. The second kappa shape index (κ2) is 5.28. The number of hydrogen-bond acceptors (Lipinski definition) is 4. The zero-order valence-electron chi connectivity index (χ0n) is 12.5. The Balaban J connectivity index is 1.79. The lowest BCUT2D eigenvalue weighted by Crippen LogP contribution is -2.11. The fourth-order valence-corrected chi connectivity index (χ4v) is 3.24. The van der Waals surface area contributed by atoms with Gasteiger partial charge in [-0.1, -0.05) is 39.0 Å². The number of thiazole rings is 1. The van der Waals surface area contributed by atoms with E-state index in [4.69, 9.17) is 4.42 Å². The number of nitrogens with zero attached hydrogens (tertiary/aromatic N) is 1. The van der Waals surface area contributed by atoms with Crippen molar-refractivity contribution in [3.8, 4) is 0 Å². The van der Waals surface area contributed by atoms with Crippen LogP contribution in [0.1, 0.15) is 43.3 Å². The molecule has 3 aromatic rings. The number of benzene rings is 1. The van der Waals surface area contributed by atoms with E-state index in [2.05, 4.69) is 31.1 Å². The number of hydrogen-bond donors (Lipinski definition) is 1. The summed E-state index contributed by atoms with van der Waals surface area (Å²) < 4.78 is 5.70. The maximum Gasteiger partial charge on any atom is 0.134 e. The zero-order valence-corrected chi connectivity index (χ0v) is 13.3. The quantitative estimate of drug-likeness (QED) is 0.776. The van der Waals surface area contributed by atoms with Gasteiger partial charge in [0.1, 0.15) is 17.4 Å². The van der Waals surface area contributed by atoms with Crippen LogP contribution in [0.15, 0.2) is 40.1 Å². The molecule has 4 heteroatoms.